The first kappa shape index (κ1) is 28.1. The summed E-state index contributed by atoms with van der Waals surface area (Å²) >= 11 is 0. The maximum absolute atomic E-state index is 13.2. The Morgan fingerprint density at radius 1 is 0.775 bits per heavy atom. The lowest BCUT2D eigenvalue weighted by Gasteiger charge is -2.37. The van der Waals surface area contributed by atoms with Crippen LogP contribution in [0.15, 0.2) is 54.6 Å². The number of ether oxygens (including phenoxy) is 2. The van der Waals surface area contributed by atoms with Gasteiger partial charge >= 0.3 is 5.97 Å². The van der Waals surface area contributed by atoms with Gasteiger partial charge in [-0.1, -0.05) is 70.1 Å². The first-order chi connectivity index (χ1) is 19.5. The van der Waals surface area contributed by atoms with Crippen LogP contribution in [0.25, 0.3) is 0 Å². The van der Waals surface area contributed by atoms with Gasteiger partial charge in [-0.25, -0.2) is 4.79 Å². The third-order valence-corrected chi connectivity index (χ3v) is 8.52. The number of esters is 1. The summed E-state index contributed by atoms with van der Waals surface area (Å²) in [4.78, 5) is 15.5. The molecule has 3 aromatic carbocycles. The van der Waals surface area contributed by atoms with E-state index in [2.05, 4.69) is 68.2 Å². The number of hydrogen-bond donors (Lipinski definition) is 1. The molecule has 1 N–H and O–H groups in total. The molecule has 2 aliphatic heterocycles. The minimum atomic E-state index is -1.04. The van der Waals surface area contributed by atoms with E-state index >= 15 is 0 Å². The van der Waals surface area contributed by atoms with E-state index in [4.69, 9.17) is 9.47 Å². The molecule has 0 saturated carbocycles. The van der Waals surface area contributed by atoms with Crippen LogP contribution in [0.5, 0.6) is 11.5 Å². The van der Waals surface area contributed by atoms with Gasteiger partial charge in [0.2, 0.25) is 0 Å². The molecule has 0 amide bonds. The molecule has 5 nitrogen and oxygen atoms in total. The lowest BCUT2D eigenvalue weighted by molar-refractivity contribution is 0.0224. The monoisotopic (exact) mass is 540 g/mol. The molecular weight excluding hydrogens is 496 g/mol. The Hall–Kier alpha value is -3.47. The summed E-state index contributed by atoms with van der Waals surface area (Å²) in [5, 5.41) is 3.68. The Bertz CT molecular complexity index is 1350. The van der Waals surface area contributed by atoms with E-state index in [9.17, 15) is 4.79 Å². The Kier molecular flexibility index (Phi) is 8.68. The van der Waals surface area contributed by atoms with Gasteiger partial charge in [0.25, 0.3) is 0 Å². The number of anilines is 2. The second kappa shape index (κ2) is 12.4. The van der Waals surface area contributed by atoms with Crippen molar-refractivity contribution in [2.45, 2.75) is 84.7 Å². The van der Waals surface area contributed by atoms with Crippen LogP contribution in [-0.4, -0.2) is 25.6 Å². The van der Waals surface area contributed by atoms with Crippen molar-refractivity contribution in [1.82, 2.24) is 0 Å². The summed E-state index contributed by atoms with van der Waals surface area (Å²) < 4.78 is 13.0. The predicted molar refractivity (Wildman–Crippen MR) is 164 cm³/mol. The fraction of sp³-hybridized carbons (Fsp3) is 0.457. The van der Waals surface area contributed by atoms with Crippen LogP contribution in [0.1, 0.15) is 105 Å². The maximum Gasteiger partial charge on any atom is 0.340 e. The normalized spacial score (nSPS) is 16.6. The van der Waals surface area contributed by atoms with Gasteiger partial charge in [0.05, 0.1) is 5.56 Å². The molecule has 40 heavy (non-hydrogen) atoms. The molecule has 0 bridgehead atoms. The largest absolute Gasteiger partial charge is 0.456 e. The van der Waals surface area contributed by atoms with E-state index in [1.54, 1.807) is 0 Å². The molecule has 5 rings (SSSR count). The summed E-state index contributed by atoms with van der Waals surface area (Å²) in [5.41, 5.74) is 5.47. The second-order valence-corrected chi connectivity index (χ2v) is 11.1. The molecule has 0 fully saturated rings. The van der Waals surface area contributed by atoms with Crippen LogP contribution < -0.4 is 15.0 Å². The Balaban J connectivity index is 1.45. The fourth-order valence-corrected chi connectivity index (χ4v) is 6.27. The highest BCUT2D eigenvalue weighted by Gasteiger charge is 2.53. The van der Waals surface area contributed by atoms with Crippen molar-refractivity contribution in [3.63, 3.8) is 0 Å². The summed E-state index contributed by atoms with van der Waals surface area (Å²) in [5.74, 6) is 1.18. The maximum atomic E-state index is 13.2. The van der Waals surface area contributed by atoms with Gasteiger partial charge in [-0.3, -0.25) is 0 Å². The zero-order valence-corrected chi connectivity index (χ0v) is 24.6. The van der Waals surface area contributed by atoms with E-state index in [0.717, 1.165) is 71.2 Å². The first-order valence-electron chi connectivity index (χ1n) is 15.3. The molecule has 212 valence electrons. The van der Waals surface area contributed by atoms with Crippen LogP contribution in [0.2, 0.25) is 0 Å². The number of nitrogens with one attached hydrogen (secondary N) is 1. The number of nitrogens with zero attached hydrogens (tertiary/aromatic N) is 1. The van der Waals surface area contributed by atoms with Gasteiger partial charge in [-0.15, -0.1) is 0 Å². The zero-order valence-electron chi connectivity index (χ0n) is 24.6. The number of benzene rings is 3. The quantitative estimate of drug-likeness (QED) is 0.173. The van der Waals surface area contributed by atoms with Gasteiger partial charge in [-0.05, 0) is 63.1 Å². The smallest absolute Gasteiger partial charge is 0.340 e. The highest BCUT2D eigenvalue weighted by molar-refractivity contribution is 5.97. The molecule has 3 aromatic rings. The number of hydrogen-bond acceptors (Lipinski definition) is 5. The molecule has 2 aliphatic rings. The van der Waals surface area contributed by atoms with E-state index in [1.165, 1.54) is 44.9 Å². The van der Waals surface area contributed by atoms with Crippen molar-refractivity contribution in [1.29, 1.82) is 0 Å². The molecule has 1 unspecified atom stereocenters. The Morgan fingerprint density at radius 2 is 1.48 bits per heavy atom. The standard InChI is InChI=1S/C35H44N2O3/c1-5-8-9-10-11-12-13-16-21-36-31-24-30-32(22-25(31)4)39-33-23-26(37(6-2)7-3)19-20-29(33)35(30)28-18-15-14-17-27(28)34(38)40-35/h14-15,17-20,22-24,36H,5-13,16,21H2,1-4H3. The fourth-order valence-electron chi connectivity index (χ4n) is 6.27. The molecule has 0 radical (unpaired) electrons. The van der Waals surface area contributed by atoms with Crippen molar-refractivity contribution in [3.05, 3.63) is 82.4 Å². The summed E-state index contributed by atoms with van der Waals surface area (Å²) in [7, 11) is 0. The summed E-state index contributed by atoms with van der Waals surface area (Å²) in [6, 6.07) is 18.3. The highest BCUT2D eigenvalue weighted by atomic mass is 16.6. The minimum absolute atomic E-state index is 0.295. The van der Waals surface area contributed by atoms with E-state index < -0.39 is 5.60 Å². The van der Waals surface area contributed by atoms with Crippen molar-refractivity contribution >= 4 is 17.3 Å². The van der Waals surface area contributed by atoms with Crippen LogP contribution >= 0.6 is 0 Å². The lowest BCUT2D eigenvalue weighted by Crippen LogP contribution is -2.33. The minimum Gasteiger partial charge on any atom is -0.456 e. The van der Waals surface area contributed by atoms with E-state index in [1.807, 2.05) is 24.3 Å². The molecule has 0 aromatic heterocycles. The Morgan fingerprint density at radius 3 is 2.23 bits per heavy atom. The second-order valence-electron chi connectivity index (χ2n) is 11.1. The molecule has 1 atom stereocenters. The van der Waals surface area contributed by atoms with Crippen molar-refractivity contribution in [2.75, 3.05) is 29.9 Å². The summed E-state index contributed by atoms with van der Waals surface area (Å²) in [6.07, 6.45) is 10.4. The van der Waals surface area contributed by atoms with Gasteiger partial charge in [0.1, 0.15) is 11.5 Å². The molecule has 2 heterocycles. The number of unbranched alkanes of at least 4 members (excludes halogenated alkanes) is 7. The third-order valence-electron chi connectivity index (χ3n) is 8.52. The van der Waals surface area contributed by atoms with Crippen molar-refractivity contribution in [2.24, 2.45) is 0 Å². The van der Waals surface area contributed by atoms with Crippen molar-refractivity contribution in [3.8, 4) is 11.5 Å². The SMILES string of the molecule is CCCCCCCCCCNc1cc2c(cc1C)Oc1cc(N(CC)CC)ccc1C21OC(=O)c2ccccc21. The van der Waals surface area contributed by atoms with Crippen LogP contribution in [0.4, 0.5) is 11.4 Å². The van der Waals surface area contributed by atoms with Gasteiger partial charge in [-0.2, -0.15) is 0 Å². The van der Waals surface area contributed by atoms with E-state index in [-0.39, 0.29) is 5.97 Å². The number of carbonyl (C=O) groups is 1. The van der Waals surface area contributed by atoms with Crippen LogP contribution in [0, 0.1) is 6.92 Å². The molecule has 0 saturated heterocycles. The van der Waals surface area contributed by atoms with Gasteiger partial charge < -0.3 is 19.7 Å². The first-order valence-corrected chi connectivity index (χ1v) is 15.3. The molecule has 5 heteroatoms. The van der Waals surface area contributed by atoms with Gasteiger partial charge in [0, 0.05) is 53.8 Å². The average Bonchev–Trinajstić information content (AvgIpc) is 3.26. The number of aryl methyl sites for hydroxylation is 1. The highest BCUT2D eigenvalue weighted by Crippen LogP contribution is 2.57. The lowest BCUT2D eigenvalue weighted by atomic mass is 9.77. The zero-order chi connectivity index (χ0) is 28.1. The number of rotatable bonds is 13. The average molecular weight is 541 g/mol. The molecular formula is C35H44N2O3. The predicted octanol–water partition coefficient (Wildman–Crippen LogP) is 8.96. The van der Waals surface area contributed by atoms with Crippen molar-refractivity contribution < 1.29 is 14.3 Å². The number of carbonyl (C=O) groups excluding carboxylic acids is 1. The van der Waals surface area contributed by atoms with Gasteiger partial charge in [0.15, 0.2) is 5.60 Å². The number of fused-ring (bicyclic) bond motifs is 6. The molecule has 1 spiro atoms. The Labute approximate surface area is 239 Å². The van der Waals surface area contributed by atoms with Crippen LogP contribution in [0.3, 0.4) is 0 Å². The third kappa shape index (κ3) is 5.18. The molecule has 0 aliphatic carbocycles. The topological polar surface area (TPSA) is 50.8 Å². The summed E-state index contributed by atoms with van der Waals surface area (Å²) in [6.45, 7) is 11.4. The van der Waals surface area contributed by atoms with E-state index in [0.29, 0.717) is 5.56 Å². The van der Waals surface area contributed by atoms with Crippen LogP contribution in [-0.2, 0) is 10.3 Å².